The van der Waals surface area contributed by atoms with E-state index in [1.165, 1.54) is 21.3 Å². The molecule has 1 saturated heterocycles. The maximum absolute atomic E-state index is 12.6. The lowest BCUT2D eigenvalue weighted by molar-refractivity contribution is -0.883. The SMILES string of the molecule is C#CCNc1ccc(S(=O)(=O)N2CC[NH+](C)CC2)cc1[N+](=O)[O-]. The van der Waals surface area contributed by atoms with Crippen molar-refractivity contribution in [3.8, 4) is 12.3 Å². The van der Waals surface area contributed by atoms with Crippen LogP contribution in [0.25, 0.3) is 0 Å². The molecular formula is C14H19N4O4S+. The van der Waals surface area contributed by atoms with Crippen LogP contribution in [0.2, 0.25) is 0 Å². The van der Waals surface area contributed by atoms with Crippen LogP contribution >= 0.6 is 0 Å². The number of terminal acetylenes is 1. The van der Waals surface area contributed by atoms with Gasteiger partial charge < -0.3 is 10.2 Å². The first kappa shape index (κ1) is 17.2. The molecule has 1 fully saturated rings. The highest BCUT2D eigenvalue weighted by Gasteiger charge is 2.30. The number of benzene rings is 1. The second-order valence-electron chi connectivity index (χ2n) is 5.35. The molecule has 0 spiro atoms. The Labute approximate surface area is 135 Å². The summed E-state index contributed by atoms with van der Waals surface area (Å²) in [5.41, 5.74) is -0.101. The Bertz CT molecular complexity index is 734. The molecule has 1 aromatic carbocycles. The number of nitrogens with one attached hydrogen (secondary N) is 2. The molecule has 0 atom stereocenters. The lowest BCUT2D eigenvalue weighted by Crippen LogP contribution is -3.12. The van der Waals surface area contributed by atoms with Crippen molar-refractivity contribution >= 4 is 21.4 Å². The van der Waals surface area contributed by atoms with Crippen molar-refractivity contribution in [3.05, 3.63) is 28.3 Å². The molecule has 1 heterocycles. The minimum atomic E-state index is -3.73. The van der Waals surface area contributed by atoms with Crippen LogP contribution in [0.5, 0.6) is 0 Å². The summed E-state index contributed by atoms with van der Waals surface area (Å²) in [5.74, 6) is 2.32. The average molecular weight is 339 g/mol. The number of nitrogens with zero attached hydrogens (tertiary/aromatic N) is 2. The van der Waals surface area contributed by atoms with E-state index in [2.05, 4.69) is 11.2 Å². The van der Waals surface area contributed by atoms with Crippen LogP contribution in [-0.4, -0.2) is 57.4 Å². The minimum absolute atomic E-state index is 0.0741. The van der Waals surface area contributed by atoms with Gasteiger partial charge in [-0.2, -0.15) is 4.31 Å². The molecule has 0 unspecified atom stereocenters. The Morgan fingerprint density at radius 2 is 2.09 bits per heavy atom. The number of sulfonamides is 1. The summed E-state index contributed by atoms with van der Waals surface area (Å²) in [4.78, 5) is 11.8. The van der Waals surface area contributed by atoms with Crippen LogP contribution in [0.1, 0.15) is 0 Å². The summed E-state index contributed by atoms with van der Waals surface area (Å²) in [6.07, 6.45) is 5.12. The first-order valence-corrected chi connectivity index (χ1v) is 8.57. The molecule has 0 amide bonds. The van der Waals surface area contributed by atoms with Crippen molar-refractivity contribution in [2.24, 2.45) is 0 Å². The number of rotatable bonds is 5. The van der Waals surface area contributed by atoms with E-state index in [0.717, 1.165) is 6.07 Å². The van der Waals surface area contributed by atoms with Crippen LogP contribution in [0.15, 0.2) is 23.1 Å². The summed E-state index contributed by atoms with van der Waals surface area (Å²) in [6.45, 7) is 2.35. The number of nitro groups is 1. The fourth-order valence-corrected chi connectivity index (χ4v) is 3.84. The molecule has 23 heavy (non-hydrogen) atoms. The normalized spacial score (nSPS) is 16.7. The van der Waals surface area contributed by atoms with E-state index in [0.29, 0.717) is 26.2 Å². The maximum Gasteiger partial charge on any atom is 0.293 e. The van der Waals surface area contributed by atoms with Gasteiger partial charge in [0.25, 0.3) is 5.69 Å². The van der Waals surface area contributed by atoms with Gasteiger partial charge in [-0.3, -0.25) is 10.1 Å². The third-order valence-electron chi connectivity index (χ3n) is 3.76. The largest absolute Gasteiger partial charge is 0.369 e. The third-order valence-corrected chi connectivity index (χ3v) is 5.66. The van der Waals surface area contributed by atoms with Crippen LogP contribution in [0, 0.1) is 22.5 Å². The molecule has 1 aliphatic heterocycles. The van der Waals surface area contributed by atoms with E-state index < -0.39 is 14.9 Å². The molecular weight excluding hydrogens is 320 g/mol. The van der Waals surface area contributed by atoms with Gasteiger partial charge in [0.1, 0.15) is 5.69 Å². The van der Waals surface area contributed by atoms with Gasteiger partial charge in [-0.15, -0.1) is 6.42 Å². The van der Waals surface area contributed by atoms with Crippen molar-refractivity contribution in [1.82, 2.24) is 4.31 Å². The third kappa shape index (κ3) is 3.79. The molecule has 0 bridgehead atoms. The van der Waals surface area contributed by atoms with E-state index in [1.807, 2.05) is 7.05 Å². The topological polar surface area (TPSA) is 97.0 Å². The average Bonchev–Trinajstić information content (AvgIpc) is 2.53. The fourth-order valence-electron chi connectivity index (χ4n) is 2.38. The highest BCUT2D eigenvalue weighted by molar-refractivity contribution is 7.89. The van der Waals surface area contributed by atoms with Gasteiger partial charge in [-0.1, -0.05) is 5.92 Å². The zero-order valence-electron chi connectivity index (χ0n) is 12.8. The lowest BCUT2D eigenvalue weighted by atomic mass is 10.2. The second kappa shape index (κ2) is 6.95. The Morgan fingerprint density at radius 1 is 1.43 bits per heavy atom. The number of likely N-dealkylation sites (N-methyl/N-ethyl adjacent to an activating group) is 1. The maximum atomic E-state index is 12.6. The highest BCUT2D eigenvalue weighted by Crippen LogP contribution is 2.28. The van der Waals surface area contributed by atoms with E-state index in [1.54, 1.807) is 0 Å². The van der Waals surface area contributed by atoms with Crippen LogP contribution < -0.4 is 10.2 Å². The molecule has 0 aliphatic carbocycles. The monoisotopic (exact) mass is 339 g/mol. The summed E-state index contributed by atoms with van der Waals surface area (Å²) in [7, 11) is -1.73. The number of hydrogen-bond acceptors (Lipinski definition) is 5. The standard InChI is InChI=1S/C14H18N4O4S/c1-3-6-15-13-5-4-12(11-14(13)18(19)20)23(21,22)17-9-7-16(2)8-10-17/h1,4-5,11,15H,6-10H2,2H3/p+1. The highest BCUT2D eigenvalue weighted by atomic mass is 32.2. The summed E-state index contributed by atoms with van der Waals surface area (Å²) in [6, 6.07) is 3.83. The minimum Gasteiger partial charge on any atom is -0.369 e. The van der Waals surface area contributed by atoms with Gasteiger partial charge in [0.15, 0.2) is 0 Å². The van der Waals surface area contributed by atoms with E-state index in [9.17, 15) is 18.5 Å². The summed E-state index contributed by atoms with van der Waals surface area (Å²) >= 11 is 0. The number of nitro benzene ring substituents is 1. The molecule has 0 aromatic heterocycles. The Kier molecular flexibility index (Phi) is 5.20. The molecule has 0 radical (unpaired) electrons. The predicted octanol–water partition coefficient (Wildman–Crippen LogP) is -0.841. The smallest absolute Gasteiger partial charge is 0.293 e. The first-order valence-electron chi connectivity index (χ1n) is 7.13. The van der Waals surface area contributed by atoms with Crippen LogP contribution in [0.4, 0.5) is 11.4 Å². The summed E-state index contributed by atoms with van der Waals surface area (Å²) in [5, 5.41) is 13.9. The lowest BCUT2D eigenvalue weighted by Gasteiger charge is -2.29. The second-order valence-corrected chi connectivity index (χ2v) is 7.29. The van der Waals surface area contributed by atoms with Crippen LogP contribution in [0.3, 0.4) is 0 Å². The van der Waals surface area contributed by atoms with Crippen molar-refractivity contribution in [3.63, 3.8) is 0 Å². The van der Waals surface area contributed by atoms with Gasteiger partial charge in [-0.25, -0.2) is 8.42 Å². The quantitative estimate of drug-likeness (QED) is 0.414. The zero-order valence-corrected chi connectivity index (χ0v) is 13.6. The Balaban J connectivity index is 2.34. The van der Waals surface area contributed by atoms with E-state index in [4.69, 9.17) is 6.42 Å². The van der Waals surface area contributed by atoms with Gasteiger partial charge in [-0.05, 0) is 12.1 Å². The van der Waals surface area contributed by atoms with Crippen molar-refractivity contribution in [1.29, 1.82) is 0 Å². The molecule has 8 nitrogen and oxygen atoms in total. The van der Waals surface area contributed by atoms with Gasteiger partial charge in [0, 0.05) is 6.07 Å². The number of piperazine rings is 1. The van der Waals surface area contributed by atoms with Crippen molar-refractivity contribution in [2.75, 3.05) is 45.1 Å². The fraction of sp³-hybridized carbons (Fsp3) is 0.429. The molecule has 2 N–H and O–H groups in total. The Morgan fingerprint density at radius 3 is 2.65 bits per heavy atom. The molecule has 2 rings (SSSR count). The molecule has 124 valence electrons. The molecule has 9 heteroatoms. The molecule has 1 aromatic rings. The van der Waals surface area contributed by atoms with Crippen molar-refractivity contribution < 1.29 is 18.2 Å². The van der Waals surface area contributed by atoms with Crippen molar-refractivity contribution in [2.45, 2.75) is 4.90 Å². The predicted molar refractivity (Wildman–Crippen MR) is 85.8 cm³/mol. The molecule has 1 aliphatic rings. The first-order chi connectivity index (χ1) is 10.9. The zero-order chi connectivity index (χ0) is 17.0. The Hall–Kier alpha value is -2.15. The number of hydrogen-bond donors (Lipinski definition) is 2. The van der Waals surface area contributed by atoms with Gasteiger partial charge >= 0.3 is 0 Å². The van der Waals surface area contributed by atoms with Crippen LogP contribution in [-0.2, 0) is 10.0 Å². The van der Waals surface area contributed by atoms with E-state index in [-0.39, 0.29) is 22.8 Å². The number of anilines is 1. The molecule has 0 saturated carbocycles. The van der Waals surface area contributed by atoms with Gasteiger partial charge in [0.2, 0.25) is 10.0 Å². The van der Waals surface area contributed by atoms with Gasteiger partial charge in [0.05, 0.1) is 49.6 Å². The van der Waals surface area contributed by atoms with E-state index >= 15 is 0 Å². The number of quaternary nitrogens is 1. The summed E-state index contributed by atoms with van der Waals surface area (Å²) < 4.78 is 26.6.